The molecule has 2 aliphatic heterocycles. The molecule has 142 valence electrons. The molecule has 2 fully saturated rings. The molecule has 3 heterocycles. The molecule has 1 aromatic heterocycles. The van der Waals surface area contributed by atoms with Crippen LogP contribution in [0, 0.1) is 0 Å². The summed E-state index contributed by atoms with van der Waals surface area (Å²) in [6.07, 6.45) is 5.56. The molecule has 7 nitrogen and oxygen atoms in total. The van der Waals surface area contributed by atoms with Crippen molar-refractivity contribution < 1.29 is 4.79 Å². The Bertz CT molecular complexity index is 762. The van der Waals surface area contributed by atoms with Crippen LogP contribution in [-0.2, 0) is 0 Å². The number of nitrogens with one attached hydrogen (secondary N) is 1. The minimum atomic E-state index is -0.185. The molecule has 7 heteroatoms. The highest BCUT2D eigenvalue weighted by molar-refractivity contribution is 6.03. The van der Waals surface area contributed by atoms with Crippen LogP contribution in [0.1, 0.15) is 23.2 Å². The zero-order valence-electron chi connectivity index (χ0n) is 15.8. The third-order valence-electron chi connectivity index (χ3n) is 5.28. The highest BCUT2D eigenvalue weighted by Gasteiger charge is 2.16. The van der Waals surface area contributed by atoms with Crippen LogP contribution in [0.2, 0.25) is 0 Å². The lowest BCUT2D eigenvalue weighted by molar-refractivity contribution is 0.102. The molecule has 2 saturated heterocycles. The van der Waals surface area contributed by atoms with Gasteiger partial charge in [-0.25, -0.2) is 9.97 Å². The maximum absolute atomic E-state index is 12.4. The standard InChI is InChI=1S/C20H26N6O/c1-24-10-12-25(13-11-24)18-6-4-17(5-7-18)23-19(27)16-14-21-20(22-15-16)26-8-2-3-9-26/h4-7,14-15H,2-3,8-13H2,1H3,(H,23,27). The average molecular weight is 366 g/mol. The van der Waals surface area contributed by atoms with E-state index in [1.807, 2.05) is 12.1 Å². The summed E-state index contributed by atoms with van der Waals surface area (Å²) in [6, 6.07) is 8.03. The van der Waals surface area contributed by atoms with Crippen molar-refractivity contribution in [1.29, 1.82) is 0 Å². The molecule has 1 aromatic carbocycles. The van der Waals surface area contributed by atoms with Crippen LogP contribution < -0.4 is 15.1 Å². The maximum Gasteiger partial charge on any atom is 0.258 e. The number of benzene rings is 1. The molecular formula is C20H26N6O. The number of nitrogens with zero attached hydrogens (tertiary/aromatic N) is 5. The third kappa shape index (κ3) is 4.19. The Morgan fingerprint density at radius 3 is 2.15 bits per heavy atom. The summed E-state index contributed by atoms with van der Waals surface area (Å²) in [4.78, 5) is 28.0. The number of hydrogen-bond acceptors (Lipinski definition) is 6. The monoisotopic (exact) mass is 366 g/mol. The predicted octanol–water partition coefficient (Wildman–Crippen LogP) is 2.08. The van der Waals surface area contributed by atoms with Gasteiger partial charge in [-0.15, -0.1) is 0 Å². The van der Waals surface area contributed by atoms with E-state index in [-0.39, 0.29) is 5.91 Å². The first-order valence-electron chi connectivity index (χ1n) is 9.61. The summed E-state index contributed by atoms with van der Waals surface area (Å²) in [5.74, 6) is 0.524. The summed E-state index contributed by atoms with van der Waals surface area (Å²) < 4.78 is 0. The molecule has 2 aromatic rings. The van der Waals surface area contributed by atoms with Crippen LogP contribution >= 0.6 is 0 Å². The second kappa shape index (κ2) is 7.92. The Morgan fingerprint density at radius 1 is 0.889 bits per heavy atom. The van der Waals surface area contributed by atoms with Crippen LogP contribution in [0.15, 0.2) is 36.7 Å². The van der Waals surface area contributed by atoms with Gasteiger partial charge in [-0.2, -0.15) is 0 Å². The molecule has 0 atom stereocenters. The number of carbonyl (C=O) groups is 1. The van der Waals surface area contributed by atoms with Gasteiger partial charge in [0, 0.05) is 63.0 Å². The smallest absolute Gasteiger partial charge is 0.258 e. The molecule has 0 aliphatic carbocycles. The van der Waals surface area contributed by atoms with Crippen LogP contribution in [0.3, 0.4) is 0 Å². The van der Waals surface area contributed by atoms with E-state index in [4.69, 9.17) is 0 Å². The van der Waals surface area contributed by atoms with Crippen LogP contribution in [0.4, 0.5) is 17.3 Å². The van der Waals surface area contributed by atoms with E-state index < -0.39 is 0 Å². The largest absolute Gasteiger partial charge is 0.369 e. The van der Waals surface area contributed by atoms with Gasteiger partial charge in [-0.3, -0.25) is 4.79 Å². The van der Waals surface area contributed by atoms with Crippen molar-refractivity contribution in [2.45, 2.75) is 12.8 Å². The first-order chi connectivity index (χ1) is 13.2. The number of amides is 1. The molecule has 0 saturated carbocycles. The molecule has 0 radical (unpaired) electrons. The number of hydrogen-bond donors (Lipinski definition) is 1. The van der Waals surface area contributed by atoms with E-state index in [1.54, 1.807) is 12.4 Å². The van der Waals surface area contributed by atoms with Crippen molar-refractivity contribution >= 4 is 23.2 Å². The molecule has 1 N–H and O–H groups in total. The fourth-order valence-electron chi connectivity index (χ4n) is 3.54. The highest BCUT2D eigenvalue weighted by Crippen LogP contribution is 2.20. The van der Waals surface area contributed by atoms with Gasteiger partial charge >= 0.3 is 0 Å². The molecule has 0 bridgehead atoms. The summed E-state index contributed by atoms with van der Waals surface area (Å²) >= 11 is 0. The van der Waals surface area contributed by atoms with Gasteiger partial charge in [-0.1, -0.05) is 0 Å². The number of rotatable bonds is 4. The fourth-order valence-corrected chi connectivity index (χ4v) is 3.54. The van der Waals surface area contributed by atoms with Crippen LogP contribution in [-0.4, -0.2) is 67.1 Å². The van der Waals surface area contributed by atoms with Gasteiger partial charge in [0.05, 0.1) is 5.56 Å². The topological polar surface area (TPSA) is 64.6 Å². The van der Waals surface area contributed by atoms with Crippen molar-refractivity contribution in [1.82, 2.24) is 14.9 Å². The van der Waals surface area contributed by atoms with Crippen LogP contribution in [0.5, 0.6) is 0 Å². The molecule has 2 aliphatic rings. The van der Waals surface area contributed by atoms with Gasteiger partial charge in [0.15, 0.2) is 0 Å². The summed E-state index contributed by atoms with van der Waals surface area (Å²) in [6.45, 7) is 6.19. The molecular weight excluding hydrogens is 340 g/mol. The second-order valence-electron chi connectivity index (χ2n) is 7.26. The Hall–Kier alpha value is -2.67. The lowest BCUT2D eigenvalue weighted by Crippen LogP contribution is -2.44. The lowest BCUT2D eigenvalue weighted by Gasteiger charge is -2.34. The molecule has 1 amide bonds. The third-order valence-corrected chi connectivity index (χ3v) is 5.28. The Morgan fingerprint density at radius 2 is 1.52 bits per heavy atom. The number of piperazine rings is 1. The summed E-state index contributed by atoms with van der Waals surface area (Å²) in [5, 5.41) is 2.93. The minimum absolute atomic E-state index is 0.185. The van der Waals surface area contributed by atoms with E-state index in [9.17, 15) is 4.79 Å². The van der Waals surface area contributed by atoms with Crippen molar-refractivity contribution in [3.05, 3.63) is 42.2 Å². The first-order valence-corrected chi connectivity index (χ1v) is 9.61. The second-order valence-corrected chi connectivity index (χ2v) is 7.26. The number of anilines is 3. The summed E-state index contributed by atoms with van der Waals surface area (Å²) in [7, 11) is 2.15. The van der Waals surface area contributed by atoms with Crippen LogP contribution in [0.25, 0.3) is 0 Å². The minimum Gasteiger partial charge on any atom is -0.369 e. The SMILES string of the molecule is CN1CCN(c2ccc(NC(=O)c3cnc(N4CCCC4)nc3)cc2)CC1. The molecule has 0 unspecified atom stereocenters. The predicted molar refractivity (Wildman–Crippen MR) is 108 cm³/mol. The van der Waals surface area contributed by atoms with E-state index in [0.717, 1.165) is 45.0 Å². The van der Waals surface area contributed by atoms with Crippen molar-refractivity contribution in [3.8, 4) is 0 Å². The van der Waals surface area contributed by atoms with Crippen molar-refractivity contribution in [3.63, 3.8) is 0 Å². The molecule has 0 spiro atoms. The van der Waals surface area contributed by atoms with E-state index >= 15 is 0 Å². The van der Waals surface area contributed by atoms with Gasteiger partial charge in [-0.05, 0) is 44.2 Å². The first kappa shape index (κ1) is 17.7. The van der Waals surface area contributed by atoms with Gasteiger partial charge < -0.3 is 20.0 Å². The van der Waals surface area contributed by atoms with Gasteiger partial charge in [0.25, 0.3) is 5.91 Å². The quantitative estimate of drug-likeness (QED) is 0.894. The van der Waals surface area contributed by atoms with Crippen molar-refractivity contribution in [2.75, 3.05) is 61.4 Å². The van der Waals surface area contributed by atoms with E-state index in [1.165, 1.54) is 18.5 Å². The van der Waals surface area contributed by atoms with Gasteiger partial charge in [0.1, 0.15) is 0 Å². The zero-order valence-corrected chi connectivity index (χ0v) is 15.8. The molecule has 27 heavy (non-hydrogen) atoms. The summed E-state index contributed by atoms with van der Waals surface area (Å²) in [5.41, 5.74) is 2.45. The zero-order chi connectivity index (χ0) is 18.6. The maximum atomic E-state index is 12.4. The van der Waals surface area contributed by atoms with E-state index in [0.29, 0.717) is 11.5 Å². The van der Waals surface area contributed by atoms with Crippen molar-refractivity contribution in [2.24, 2.45) is 0 Å². The van der Waals surface area contributed by atoms with Gasteiger partial charge in [0.2, 0.25) is 5.95 Å². The Balaban J connectivity index is 1.36. The van der Waals surface area contributed by atoms with E-state index in [2.05, 4.69) is 49.2 Å². The fraction of sp³-hybridized carbons (Fsp3) is 0.450. The number of aromatic nitrogens is 2. The lowest BCUT2D eigenvalue weighted by atomic mass is 10.2. The highest BCUT2D eigenvalue weighted by atomic mass is 16.1. The Labute approximate surface area is 160 Å². The number of carbonyl (C=O) groups excluding carboxylic acids is 1. The molecule has 4 rings (SSSR count). The average Bonchev–Trinajstić information content (AvgIpc) is 3.24. The number of likely N-dealkylation sites (N-methyl/N-ethyl adjacent to an activating group) is 1. The Kier molecular flexibility index (Phi) is 5.20. The normalized spacial score (nSPS) is 18.0.